The molecule has 1 saturated carbocycles. The summed E-state index contributed by atoms with van der Waals surface area (Å²) in [6.07, 6.45) is -7.50. The maximum atomic E-state index is 13.8. The van der Waals surface area contributed by atoms with Crippen LogP contribution in [0.1, 0.15) is 46.9 Å². The van der Waals surface area contributed by atoms with Gasteiger partial charge >= 0.3 is 12.4 Å². The molecular formula is C25H16F6N2O. The summed E-state index contributed by atoms with van der Waals surface area (Å²) in [5.41, 5.74) is -0.915. The zero-order chi connectivity index (χ0) is 24.3. The lowest BCUT2D eigenvalue weighted by atomic mass is 10.0. The van der Waals surface area contributed by atoms with Crippen LogP contribution in [0.5, 0.6) is 0 Å². The van der Waals surface area contributed by atoms with Gasteiger partial charge in [0.15, 0.2) is 0 Å². The van der Waals surface area contributed by atoms with Crippen molar-refractivity contribution in [2.75, 3.05) is 0 Å². The number of benzene rings is 2. The third kappa shape index (κ3) is 3.94. The van der Waals surface area contributed by atoms with Crippen LogP contribution in [0.2, 0.25) is 0 Å². The molecule has 3 nitrogen and oxygen atoms in total. The van der Waals surface area contributed by atoms with E-state index < -0.39 is 29.0 Å². The summed E-state index contributed by atoms with van der Waals surface area (Å²) in [7, 11) is 0. The molecule has 1 aliphatic rings. The van der Waals surface area contributed by atoms with Crippen molar-refractivity contribution in [3.63, 3.8) is 0 Å². The van der Waals surface area contributed by atoms with Gasteiger partial charge in [0.2, 0.25) is 0 Å². The van der Waals surface area contributed by atoms with E-state index in [9.17, 15) is 31.6 Å². The quantitative estimate of drug-likeness (QED) is 0.284. The predicted molar refractivity (Wildman–Crippen MR) is 112 cm³/mol. The fourth-order valence-corrected chi connectivity index (χ4v) is 4.27. The second-order valence-electron chi connectivity index (χ2n) is 8.30. The van der Waals surface area contributed by atoms with Crippen LogP contribution in [0, 0.1) is 11.3 Å². The van der Waals surface area contributed by atoms with Crippen LogP contribution < -0.4 is 0 Å². The topological polar surface area (TPSA) is 41.9 Å². The SMILES string of the molecule is N#Cc1ccc2c(cc(C3CC3)n2Cc2ccc(-c3cccc(C(F)(F)F)c3)o2)c1C(F)(F)F. The van der Waals surface area contributed by atoms with Crippen LogP contribution in [-0.4, -0.2) is 4.57 Å². The number of alkyl halides is 6. The van der Waals surface area contributed by atoms with E-state index in [0.717, 1.165) is 31.0 Å². The smallest absolute Gasteiger partial charge is 0.418 e. The monoisotopic (exact) mass is 474 g/mol. The van der Waals surface area contributed by atoms with Crippen LogP contribution in [0.15, 0.2) is 59.0 Å². The Balaban J connectivity index is 1.56. The van der Waals surface area contributed by atoms with Crippen LogP contribution in [0.3, 0.4) is 0 Å². The van der Waals surface area contributed by atoms with Crippen molar-refractivity contribution in [3.8, 4) is 17.4 Å². The average molecular weight is 474 g/mol. The zero-order valence-electron chi connectivity index (χ0n) is 17.5. The van der Waals surface area contributed by atoms with Crippen LogP contribution in [-0.2, 0) is 18.9 Å². The summed E-state index contributed by atoms with van der Waals surface area (Å²) in [4.78, 5) is 0. The largest absolute Gasteiger partial charge is 0.459 e. The van der Waals surface area contributed by atoms with Crippen LogP contribution in [0.25, 0.3) is 22.2 Å². The fourth-order valence-electron chi connectivity index (χ4n) is 4.27. The summed E-state index contributed by atoms with van der Waals surface area (Å²) in [5.74, 6) is 0.731. The molecule has 0 spiro atoms. The number of furan rings is 1. The van der Waals surface area contributed by atoms with Crippen molar-refractivity contribution in [3.05, 3.63) is 82.7 Å². The van der Waals surface area contributed by atoms with Crippen molar-refractivity contribution < 1.29 is 30.8 Å². The zero-order valence-corrected chi connectivity index (χ0v) is 17.5. The number of hydrogen-bond donors (Lipinski definition) is 0. The van der Waals surface area contributed by atoms with Crippen molar-refractivity contribution >= 4 is 10.9 Å². The first-order valence-electron chi connectivity index (χ1n) is 10.5. The van der Waals surface area contributed by atoms with Gasteiger partial charge < -0.3 is 8.98 Å². The van der Waals surface area contributed by atoms with Crippen molar-refractivity contribution in [2.45, 2.75) is 37.7 Å². The highest BCUT2D eigenvalue weighted by Crippen LogP contribution is 2.45. The van der Waals surface area contributed by atoms with Gasteiger partial charge in [-0.3, -0.25) is 0 Å². The summed E-state index contributed by atoms with van der Waals surface area (Å²) < 4.78 is 88.1. The summed E-state index contributed by atoms with van der Waals surface area (Å²) in [6, 6.07) is 13.7. The molecule has 0 unspecified atom stereocenters. The second-order valence-corrected chi connectivity index (χ2v) is 8.30. The highest BCUT2D eigenvalue weighted by Gasteiger charge is 2.38. The molecule has 4 aromatic rings. The lowest BCUT2D eigenvalue weighted by Crippen LogP contribution is -2.09. The Hall–Kier alpha value is -3.67. The van der Waals surface area contributed by atoms with E-state index in [0.29, 0.717) is 17.0 Å². The number of rotatable bonds is 4. The average Bonchev–Trinajstić information content (AvgIpc) is 3.41. The number of fused-ring (bicyclic) bond motifs is 1. The summed E-state index contributed by atoms with van der Waals surface area (Å²) in [6.45, 7) is 0.109. The minimum Gasteiger partial charge on any atom is -0.459 e. The van der Waals surface area contributed by atoms with Crippen molar-refractivity contribution in [1.29, 1.82) is 5.26 Å². The van der Waals surface area contributed by atoms with Gasteiger partial charge in [-0.05, 0) is 61.2 Å². The first-order valence-corrected chi connectivity index (χ1v) is 10.5. The van der Waals surface area contributed by atoms with Crippen molar-refractivity contribution in [1.82, 2.24) is 4.57 Å². The molecule has 2 aromatic carbocycles. The Morgan fingerprint density at radius 1 is 0.941 bits per heavy atom. The Morgan fingerprint density at radius 3 is 2.35 bits per heavy atom. The van der Waals surface area contributed by atoms with E-state index in [4.69, 9.17) is 4.42 Å². The van der Waals surface area contributed by atoms with Gasteiger partial charge in [-0.1, -0.05) is 12.1 Å². The van der Waals surface area contributed by atoms with Crippen molar-refractivity contribution in [2.24, 2.45) is 0 Å². The van der Waals surface area contributed by atoms with E-state index in [1.807, 2.05) is 0 Å². The van der Waals surface area contributed by atoms with Gasteiger partial charge in [0.1, 0.15) is 11.5 Å². The van der Waals surface area contributed by atoms with Gasteiger partial charge in [-0.15, -0.1) is 0 Å². The Morgan fingerprint density at radius 2 is 1.71 bits per heavy atom. The third-order valence-electron chi connectivity index (χ3n) is 5.97. The highest BCUT2D eigenvalue weighted by atomic mass is 19.4. The molecule has 0 N–H and O–H groups in total. The molecule has 5 rings (SSSR count). The van der Waals surface area contributed by atoms with E-state index in [1.165, 1.54) is 24.3 Å². The van der Waals surface area contributed by atoms with Crippen LogP contribution in [0.4, 0.5) is 26.3 Å². The molecule has 2 heterocycles. The number of nitriles is 1. The number of hydrogen-bond acceptors (Lipinski definition) is 2. The molecule has 0 amide bonds. The van der Waals surface area contributed by atoms with E-state index in [-0.39, 0.29) is 29.2 Å². The van der Waals surface area contributed by atoms with Crippen LogP contribution >= 0.6 is 0 Å². The molecule has 0 atom stereocenters. The molecular weight excluding hydrogens is 458 g/mol. The molecule has 1 fully saturated rings. The maximum absolute atomic E-state index is 13.8. The molecule has 0 radical (unpaired) electrons. The lowest BCUT2D eigenvalue weighted by Gasteiger charge is -2.12. The Labute approximate surface area is 189 Å². The van der Waals surface area contributed by atoms with Gasteiger partial charge in [0, 0.05) is 22.2 Å². The fraction of sp³-hybridized carbons (Fsp3) is 0.240. The minimum atomic E-state index is -4.70. The number of halogens is 6. The Kier molecular flexibility index (Phi) is 5.01. The van der Waals surface area contributed by atoms with E-state index in [1.54, 1.807) is 22.8 Å². The molecule has 1 aliphatic carbocycles. The second kappa shape index (κ2) is 7.69. The molecule has 9 heteroatoms. The standard InChI is InChI=1S/C25H16F6N2O/c26-24(27,28)17-3-1-2-15(10-17)22-9-7-18(34-22)13-33-20-8-6-16(12-32)23(25(29,30)31)19(20)11-21(33)14-4-5-14/h1-3,6-11,14H,4-5,13H2. The first kappa shape index (κ1) is 22.1. The van der Waals surface area contributed by atoms with Gasteiger partial charge in [0.25, 0.3) is 0 Å². The molecule has 0 bridgehead atoms. The van der Waals surface area contributed by atoms with E-state index >= 15 is 0 Å². The molecule has 34 heavy (non-hydrogen) atoms. The van der Waals surface area contributed by atoms with Gasteiger partial charge in [0.05, 0.1) is 29.3 Å². The first-order chi connectivity index (χ1) is 16.1. The summed E-state index contributed by atoms with van der Waals surface area (Å²) in [5, 5.41) is 9.17. The highest BCUT2D eigenvalue weighted by molar-refractivity contribution is 5.88. The summed E-state index contributed by atoms with van der Waals surface area (Å²) >= 11 is 0. The minimum absolute atomic E-state index is 0.0434. The lowest BCUT2D eigenvalue weighted by molar-refractivity contribution is -0.138. The Bertz CT molecular complexity index is 1430. The predicted octanol–water partition coefficient (Wildman–Crippen LogP) is 7.74. The maximum Gasteiger partial charge on any atom is 0.418 e. The molecule has 0 saturated heterocycles. The number of aromatic nitrogens is 1. The molecule has 2 aromatic heterocycles. The number of nitrogens with zero attached hydrogens (tertiary/aromatic N) is 2. The molecule has 174 valence electrons. The van der Waals surface area contributed by atoms with Gasteiger partial charge in [-0.2, -0.15) is 31.6 Å². The third-order valence-corrected chi connectivity index (χ3v) is 5.97. The van der Waals surface area contributed by atoms with Gasteiger partial charge in [-0.25, -0.2) is 0 Å². The molecule has 0 aliphatic heterocycles. The van der Waals surface area contributed by atoms with E-state index in [2.05, 4.69) is 0 Å². The normalized spacial score (nSPS) is 14.5.